The number of benzene rings is 1. The number of rotatable bonds is 5. The molecule has 0 saturated carbocycles. The summed E-state index contributed by atoms with van der Waals surface area (Å²) in [6, 6.07) is 7.71. The number of nitrogens with zero attached hydrogens (tertiary/aromatic N) is 2. The molecule has 1 aromatic rings. The molecule has 1 aromatic carbocycles. The fourth-order valence-corrected chi connectivity index (χ4v) is 2.88. The molecular weight excluding hydrogens is 296 g/mol. The lowest BCUT2D eigenvalue weighted by molar-refractivity contribution is -0.0156. The molecule has 1 aliphatic carbocycles. The summed E-state index contributed by atoms with van der Waals surface area (Å²) in [6.07, 6.45) is 1.85. The van der Waals surface area contributed by atoms with E-state index in [9.17, 15) is 5.53 Å². The van der Waals surface area contributed by atoms with E-state index in [1.54, 1.807) is 0 Å². The molecule has 0 saturated heterocycles. The van der Waals surface area contributed by atoms with Gasteiger partial charge in [-0.2, -0.15) is 4.79 Å². The zero-order chi connectivity index (χ0) is 16.1. The molecule has 2 rings (SSSR count). The first kappa shape index (κ1) is 16.4. The van der Waals surface area contributed by atoms with Gasteiger partial charge in [0.05, 0.1) is 13.2 Å². The van der Waals surface area contributed by atoms with Crippen LogP contribution in [0.1, 0.15) is 32.3 Å². The quantitative estimate of drug-likeness (QED) is 0.507. The molecule has 1 aliphatic rings. The summed E-state index contributed by atoms with van der Waals surface area (Å²) in [7, 11) is 0. The topological polar surface area (TPSA) is 54.9 Å². The summed E-state index contributed by atoms with van der Waals surface area (Å²) in [4.78, 5) is 4.30. The van der Waals surface area contributed by atoms with E-state index >= 15 is 0 Å². The number of ether oxygens (including phenoxy) is 2. The molecule has 0 spiro atoms. The first-order valence-corrected chi connectivity index (χ1v) is 7.76. The predicted molar refractivity (Wildman–Crippen MR) is 89.1 cm³/mol. The molecule has 116 valence electrons. The van der Waals surface area contributed by atoms with Crippen molar-refractivity contribution in [1.29, 1.82) is 0 Å². The molecule has 0 heterocycles. The molecule has 1 unspecified atom stereocenters. The van der Waals surface area contributed by atoms with Crippen LogP contribution in [-0.2, 0) is 9.47 Å². The highest BCUT2D eigenvalue weighted by Crippen LogP contribution is 2.38. The third-order valence-corrected chi connectivity index (χ3v) is 3.89. The van der Waals surface area contributed by atoms with Crippen molar-refractivity contribution >= 4 is 18.3 Å². The van der Waals surface area contributed by atoms with Gasteiger partial charge >= 0.3 is 5.71 Å². The Kier molecular flexibility index (Phi) is 5.47. The number of thiol groups is 1. The zero-order valence-electron chi connectivity index (χ0n) is 13.0. The van der Waals surface area contributed by atoms with E-state index in [2.05, 4.69) is 17.4 Å². The van der Waals surface area contributed by atoms with Gasteiger partial charge in [-0.3, -0.25) is 0 Å². The van der Waals surface area contributed by atoms with E-state index in [4.69, 9.17) is 9.47 Å². The molecule has 1 atom stereocenters. The molecule has 0 aromatic heterocycles. The zero-order valence-corrected chi connectivity index (χ0v) is 13.9. The first-order valence-electron chi connectivity index (χ1n) is 7.32. The summed E-state index contributed by atoms with van der Waals surface area (Å²) >= 11 is 4.53. The van der Waals surface area contributed by atoms with Crippen LogP contribution in [0.25, 0.3) is 5.53 Å². The van der Waals surface area contributed by atoms with Crippen molar-refractivity contribution in [2.45, 2.75) is 31.6 Å². The van der Waals surface area contributed by atoms with Gasteiger partial charge in [-0.05, 0) is 44.1 Å². The second-order valence-electron chi connectivity index (χ2n) is 4.90. The molecule has 0 N–H and O–H groups in total. The largest absolute Gasteiger partial charge is 0.497 e. The van der Waals surface area contributed by atoms with Gasteiger partial charge in [0, 0.05) is 4.90 Å². The maximum Gasteiger partial charge on any atom is 0.348 e. The van der Waals surface area contributed by atoms with Crippen molar-refractivity contribution in [2.24, 2.45) is 0 Å². The van der Waals surface area contributed by atoms with E-state index in [0.29, 0.717) is 24.7 Å². The summed E-state index contributed by atoms with van der Waals surface area (Å²) in [5.74, 6) is 0.998. The lowest BCUT2D eigenvalue weighted by Gasteiger charge is -2.24. The highest BCUT2D eigenvalue weighted by Gasteiger charge is 2.40. The Labute approximate surface area is 136 Å². The van der Waals surface area contributed by atoms with E-state index in [-0.39, 0.29) is 5.92 Å². The summed E-state index contributed by atoms with van der Waals surface area (Å²) in [5.41, 5.74) is 11.9. The SMILES string of the molecule is CCOC1=CC(C)=C(OCC)C(c2ccccc2S)C1=[N+]=[N-]. The van der Waals surface area contributed by atoms with Crippen molar-refractivity contribution in [1.82, 2.24) is 0 Å². The van der Waals surface area contributed by atoms with E-state index < -0.39 is 0 Å². The summed E-state index contributed by atoms with van der Waals surface area (Å²) in [6.45, 7) is 6.83. The average Bonchev–Trinajstić information content (AvgIpc) is 2.51. The molecule has 5 heteroatoms. The third-order valence-electron chi connectivity index (χ3n) is 3.48. The standard InChI is InChI=1S/C17H20N2O2S/c1-4-20-13-10-11(3)17(21-5-2)15(16(13)19-18)12-8-6-7-9-14(12)22/h6-10,15,22H,4-5H2,1-3H3. The van der Waals surface area contributed by atoms with Crippen LogP contribution in [0.2, 0.25) is 0 Å². The Morgan fingerprint density at radius 1 is 1.18 bits per heavy atom. The van der Waals surface area contributed by atoms with Crippen LogP contribution in [0.4, 0.5) is 0 Å². The van der Waals surface area contributed by atoms with Crippen LogP contribution < -0.4 is 0 Å². The minimum atomic E-state index is -0.329. The van der Waals surface area contributed by atoms with Crippen molar-refractivity contribution in [3.8, 4) is 0 Å². The van der Waals surface area contributed by atoms with Crippen LogP contribution >= 0.6 is 12.6 Å². The monoisotopic (exact) mass is 316 g/mol. The fraction of sp³-hybridized carbons (Fsp3) is 0.353. The number of hydrogen-bond acceptors (Lipinski definition) is 3. The Hall–Kier alpha value is -1.97. The number of hydrogen-bond donors (Lipinski definition) is 1. The summed E-state index contributed by atoms with van der Waals surface area (Å²) in [5, 5.41) is 0. The molecule has 0 bridgehead atoms. The van der Waals surface area contributed by atoms with E-state index in [0.717, 1.165) is 21.8 Å². The van der Waals surface area contributed by atoms with Crippen molar-refractivity contribution in [2.75, 3.05) is 13.2 Å². The van der Waals surface area contributed by atoms with Gasteiger partial charge in [-0.1, -0.05) is 18.2 Å². The molecule has 0 amide bonds. The van der Waals surface area contributed by atoms with Crippen LogP contribution in [0.5, 0.6) is 0 Å². The Morgan fingerprint density at radius 2 is 1.86 bits per heavy atom. The van der Waals surface area contributed by atoms with E-state index in [1.165, 1.54) is 0 Å². The van der Waals surface area contributed by atoms with Crippen LogP contribution in [-0.4, -0.2) is 23.7 Å². The molecular formula is C17H20N2O2S. The third kappa shape index (κ3) is 3.11. The van der Waals surface area contributed by atoms with Gasteiger partial charge in [0.15, 0.2) is 0 Å². The maximum atomic E-state index is 9.55. The highest BCUT2D eigenvalue weighted by molar-refractivity contribution is 7.80. The molecule has 4 nitrogen and oxygen atoms in total. The van der Waals surface area contributed by atoms with Gasteiger partial charge < -0.3 is 15.0 Å². The van der Waals surface area contributed by atoms with Gasteiger partial charge in [-0.15, -0.1) is 12.6 Å². The molecule has 0 fully saturated rings. The van der Waals surface area contributed by atoms with E-state index in [1.807, 2.05) is 51.1 Å². The Bertz CT molecular complexity index is 673. The minimum Gasteiger partial charge on any atom is -0.497 e. The fourth-order valence-electron chi connectivity index (χ4n) is 2.59. The van der Waals surface area contributed by atoms with Crippen molar-refractivity contribution in [3.05, 3.63) is 58.5 Å². The molecule has 0 radical (unpaired) electrons. The molecule has 0 aliphatic heterocycles. The lowest BCUT2D eigenvalue weighted by Crippen LogP contribution is -2.26. The van der Waals surface area contributed by atoms with Crippen molar-refractivity contribution < 1.29 is 14.3 Å². The van der Waals surface area contributed by atoms with Crippen LogP contribution in [0.15, 0.2) is 52.3 Å². The van der Waals surface area contributed by atoms with Gasteiger partial charge in [-0.25, -0.2) is 0 Å². The second-order valence-corrected chi connectivity index (χ2v) is 5.38. The smallest absolute Gasteiger partial charge is 0.348 e. The van der Waals surface area contributed by atoms with Gasteiger partial charge in [0.2, 0.25) is 5.76 Å². The van der Waals surface area contributed by atoms with Crippen LogP contribution in [0.3, 0.4) is 0 Å². The Balaban J connectivity index is 2.63. The first-order chi connectivity index (χ1) is 10.6. The van der Waals surface area contributed by atoms with Gasteiger partial charge in [0.25, 0.3) is 0 Å². The predicted octanol–water partition coefficient (Wildman–Crippen LogP) is 3.97. The average molecular weight is 316 g/mol. The Morgan fingerprint density at radius 3 is 2.45 bits per heavy atom. The molecule has 22 heavy (non-hydrogen) atoms. The lowest BCUT2D eigenvalue weighted by atomic mass is 9.85. The maximum absolute atomic E-state index is 9.55. The van der Waals surface area contributed by atoms with Gasteiger partial charge in [0.1, 0.15) is 11.7 Å². The number of allylic oxidation sites excluding steroid dienone is 4. The second kappa shape index (κ2) is 7.34. The minimum absolute atomic E-state index is 0.329. The normalized spacial score (nSPS) is 17.9. The highest BCUT2D eigenvalue weighted by atomic mass is 32.1. The summed E-state index contributed by atoms with van der Waals surface area (Å²) < 4.78 is 11.5. The van der Waals surface area contributed by atoms with Crippen molar-refractivity contribution in [3.63, 3.8) is 0 Å². The van der Waals surface area contributed by atoms with Crippen LogP contribution in [0, 0.1) is 0 Å².